The van der Waals surface area contributed by atoms with Gasteiger partial charge in [-0.05, 0) is 25.1 Å². The standard InChI is InChI=1S/C13H16N4O2/c1-3-12-14-17(19)13-10-8-15(2)7-6-9(10)4-5-11(13)16(12)18/h4-5H,3,6-8H2,1-2H3. The van der Waals surface area contributed by atoms with Crippen LogP contribution in [-0.4, -0.2) is 23.6 Å². The molecule has 0 spiro atoms. The molecule has 0 radical (unpaired) electrons. The molecule has 0 unspecified atom stereocenters. The van der Waals surface area contributed by atoms with Crippen LogP contribution in [0.2, 0.25) is 0 Å². The van der Waals surface area contributed by atoms with Crippen LogP contribution in [0.4, 0.5) is 0 Å². The summed E-state index contributed by atoms with van der Waals surface area (Å²) < 4.78 is 0.776. The van der Waals surface area contributed by atoms with Gasteiger partial charge in [0.05, 0.1) is 16.8 Å². The number of hydrogen-bond acceptors (Lipinski definition) is 4. The minimum Gasteiger partial charge on any atom is -0.710 e. The van der Waals surface area contributed by atoms with Crippen molar-refractivity contribution in [1.82, 2.24) is 10.00 Å². The van der Waals surface area contributed by atoms with Crippen molar-refractivity contribution >= 4 is 11.0 Å². The summed E-state index contributed by atoms with van der Waals surface area (Å²) >= 11 is 0. The number of aromatic nitrogens is 3. The highest BCUT2D eigenvalue weighted by atomic mass is 16.5. The molecule has 3 rings (SSSR count). The zero-order valence-corrected chi connectivity index (χ0v) is 11.1. The molecule has 0 N–H and O–H groups in total. The fourth-order valence-electron chi connectivity index (χ4n) is 2.66. The predicted molar refractivity (Wildman–Crippen MR) is 69.1 cm³/mol. The van der Waals surface area contributed by atoms with Crippen molar-refractivity contribution in [3.8, 4) is 0 Å². The van der Waals surface area contributed by atoms with E-state index in [2.05, 4.69) is 10.00 Å². The van der Waals surface area contributed by atoms with E-state index in [4.69, 9.17) is 0 Å². The SMILES string of the molecule is CCc1n[n+]([O-])c2c3c(ccc2[n+]1[O-])CCN(C)C3. The Kier molecular flexibility index (Phi) is 2.74. The van der Waals surface area contributed by atoms with Crippen LogP contribution in [0.3, 0.4) is 0 Å². The van der Waals surface area contributed by atoms with Crippen LogP contribution in [0.15, 0.2) is 12.1 Å². The summed E-state index contributed by atoms with van der Waals surface area (Å²) in [6.45, 7) is 3.46. The highest BCUT2D eigenvalue weighted by molar-refractivity contribution is 5.73. The molecule has 0 saturated heterocycles. The maximum absolute atomic E-state index is 12.2. The Balaban J connectivity index is 2.35. The number of likely N-dealkylation sites (N-methyl/N-ethyl adjacent to an activating group) is 1. The van der Waals surface area contributed by atoms with E-state index in [1.807, 2.05) is 20.0 Å². The molecular weight excluding hydrogens is 244 g/mol. The first-order chi connectivity index (χ1) is 9.11. The van der Waals surface area contributed by atoms with Crippen molar-refractivity contribution in [2.24, 2.45) is 0 Å². The van der Waals surface area contributed by atoms with Crippen molar-refractivity contribution in [3.63, 3.8) is 0 Å². The highest BCUT2D eigenvalue weighted by Crippen LogP contribution is 2.23. The molecule has 0 fully saturated rings. The molecule has 6 nitrogen and oxygen atoms in total. The number of nitrogens with zero attached hydrogens (tertiary/aromatic N) is 4. The topological polar surface area (TPSA) is 70.0 Å². The summed E-state index contributed by atoms with van der Waals surface area (Å²) in [5, 5.41) is 28.1. The minimum atomic E-state index is 0.256. The molecule has 1 aromatic heterocycles. The second kappa shape index (κ2) is 4.31. The van der Waals surface area contributed by atoms with Gasteiger partial charge in [-0.2, -0.15) is 0 Å². The van der Waals surface area contributed by atoms with Crippen molar-refractivity contribution in [3.05, 3.63) is 39.5 Å². The largest absolute Gasteiger partial charge is 0.710 e. The van der Waals surface area contributed by atoms with Gasteiger partial charge in [0.25, 0.3) is 0 Å². The van der Waals surface area contributed by atoms with Gasteiger partial charge >= 0.3 is 11.3 Å². The van der Waals surface area contributed by atoms with E-state index in [-0.39, 0.29) is 5.82 Å². The Hall–Kier alpha value is -1.95. The monoisotopic (exact) mass is 260 g/mol. The number of fused-ring (bicyclic) bond motifs is 3. The van der Waals surface area contributed by atoms with Crippen LogP contribution in [-0.2, 0) is 19.4 Å². The van der Waals surface area contributed by atoms with E-state index in [0.717, 1.165) is 28.8 Å². The highest BCUT2D eigenvalue weighted by Gasteiger charge is 2.27. The molecule has 6 heteroatoms. The molecule has 2 heterocycles. The van der Waals surface area contributed by atoms with E-state index in [9.17, 15) is 10.4 Å². The lowest BCUT2D eigenvalue weighted by Gasteiger charge is -2.24. The Morgan fingerprint density at radius 3 is 2.89 bits per heavy atom. The predicted octanol–water partition coefficient (Wildman–Crippen LogP) is 0.0519. The number of hydrogen-bond donors (Lipinski definition) is 0. The van der Waals surface area contributed by atoms with E-state index >= 15 is 0 Å². The average Bonchev–Trinajstić information content (AvgIpc) is 2.41. The van der Waals surface area contributed by atoms with Crippen LogP contribution in [0.5, 0.6) is 0 Å². The molecule has 0 amide bonds. The summed E-state index contributed by atoms with van der Waals surface area (Å²) in [7, 11) is 2.01. The Morgan fingerprint density at radius 1 is 1.37 bits per heavy atom. The molecular formula is C13H16N4O2. The van der Waals surface area contributed by atoms with Gasteiger partial charge in [-0.3, -0.25) is 0 Å². The van der Waals surface area contributed by atoms with Gasteiger partial charge in [0.15, 0.2) is 0 Å². The summed E-state index contributed by atoms with van der Waals surface area (Å²) in [5.74, 6) is 0.256. The van der Waals surface area contributed by atoms with Crippen LogP contribution >= 0.6 is 0 Å². The van der Waals surface area contributed by atoms with Gasteiger partial charge in [0.2, 0.25) is 10.6 Å². The Morgan fingerprint density at radius 2 is 2.16 bits per heavy atom. The molecule has 0 saturated carbocycles. The van der Waals surface area contributed by atoms with Crippen LogP contribution in [0, 0.1) is 10.4 Å². The van der Waals surface area contributed by atoms with Crippen molar-refractivity contribution < 1.29 is 9.58 Å². The third-order valence-electron chi connectivity index (χ3n) is 3.72. The van der Waals surface area contributed by atoms with Crippen LogP contribution in [0.25, 0.3) is 11.0 Å². The number of benzene rings is 1. The molecule has 0 bridgehead atoms. The lowest BCUT2D eigenvalue weighted by Crippen LogP contribution is -2.46. The van der Waals surface area contributed by atoms with E-state index in [0.29, 0.717) is 28.8 Å². The fourth-order valence-corrected chi connectivity index (χ4v) is 2.66. The Labute approximate surface area is 111 Å². The molecule has 2 aromatic rings. The first-order valence-electron chi connectivity index (χ1n) is 6.47. The van der Waals surface area contributed by atoms with E-state index < -0.39 is 0 Å². The van der Waals surface area contributed by atoms with E-state index in [1.54, 1.807) is 6.07 Å². The maximum atomic E-state index is 12.2. The quantitative estimate of drug-likeness (QED) is 0.536. The van der Waals surface area contributed by atoms with Gasteiger partial charge in [-0.1, -0.05) is 13.0 Å². The fraction of sp³-hybridized carbons (Fsp3) is 0.462. The molecule has 0 aliphatic carbocycles. The Bertz CT molecular complexity index is 657. The van der Waals surface area contributed by atoms with E-state index in [1.165, 1.54) is 0 Å². The lowest BCUT2D eigenvalue weighted by molar-refractivity contribution is -0.685. The van der Waals surface area contributed by atoms with Crippen molar-refractivity contribution in [1.29, 1.82) is 0 Å². The molecule has 100 valence electrons. The number of aryl methyl sites for hydroxylation is 1. The normalized spacial score (nSPS) is 15.7. The van der Waals surface area contributed by atoms with Gasteiger partial charge in [-0.25, -0.2) is 4.73 Å². The third kappa shape index (κ3) is 1.79. The maximum Gasteiger partial charge on any atom is 0.376 e. The molecule has 1 aliphatic rings. The van der Waals surface area contributed by atoms with Crippen LogP contribution in [0.1, 0.15) is 23.9 Å². The zero-order valence-electron chi connectivity index (χ0n) is 11.1. The molecule has 1 aromatic carbocycles. The lowest BCUT2D eigenvalue weighted by atomic mass is 9.98. The molecule has 1 aliphatic heterocycles. The third-order valence-corrected chi connectivity index (χ3v) is 3.72. The van der Waals surface area contributed by atoms with Crippen molar-refractivity contribution in [2.75, 3.05) is 13.6 Å². The van der Waals surface area contributed by atoms with Crippen LogP contribution < -0.4 is 9.58 Å². The summed E-state index contributed by atoms with van der Waals surface area (Å²) in [5.41, 5.74) is 2.90. The summed E-state index contributed by atoms with van der Waals surface area (Å²) in [6, 6.07) is 3.69. The second-order valence-corrected chi connectivity index (χ2v) is 5.00. The van der Waals surface area contributed by atoms with Crippen molar-refractivity contribution in [2.45, 2.75) is 26.3 Å². The summed E-state index contributed by atoms with van der Waals surface area (Å²) in [6.07, 6.45) is 1.34. The first-order valence-corrected chi connectivity index (χ1v) is 6.47. The van der Waals surface area contributed by atoms with Gasteiger partial charge in [0, 0.05) is 13.1 Å². The van der Waals surface area contributed by atoms with Gasteiger partial charge in [-0.15, -0.1) is 0 Å². The zero-order chi connectivity index (χ0) is 13.6. The smallest absolute Gasteiger partial charge is 0.376 e. The average molecular weight is 260 g/mol. The summed E-state index contributed by atoms with van der Waals surface area (Å²) in [4.78, 5) is 2.76. The van der Waals surface area contributed by atoms with Gasteiger partial charge in [0.1, 0.15) is 0 Å². The minimum absolute atomic E-state index is 0.256. The second-order valence-electron chi connectivity index (χ2n) is 5.00. The first kappa shape index (κ1) is 12.1. The molecule has 19 heavy (non-hydrogen) atoms. The van der Waals surface area contributed by atoms with Gasteiger partial charge < -0.3 is 15.3 Å². The molecule has 0 atom stereocenters. The number of rotatable bonds is 1.